The van der Waals surface area contributed by atoms with Gasteiger partial charge in [-0.05, 0) is 49.4 Å². The number of hydrogen-bond donors (Lipinski definition) is 3. The molecule has 0 rings (SSSR count). The molecular weight excluding hydrogens is 1200 g/mol. The zero-order valence-electron chi connectivity index (χ0n) is 59.5. The van der Waals surface area contributed by atoms with Crippen LogP contribution < -0.4 is 0 Å². The van der Waals surface area contributed by atoms with E-state index in [2.05, 4.69) is 55.4 Å². The van der Waals surface area contributed by atoms with Gasteiger partial charge in [0.25, 0.3) is 0 Å². The average molecular weight is 1340 g/mol. The van der Waals surface area contributed by atoms with Gasteiger partial charge in [0.05, 0.1) is 26.4 Å². The fourth-order valence-electron chi connectivity index (χ4n) is 10.8. The molecule has 0 spiro atoms. The monoisotopic (exact) mass is 1340 g/mol. The van der Waals surface area contributed by atoms with E-state index < -0.39 is 97.5 Å². The van der Waals surface area contributed by atoms with Gasteiger partial charge in [-0.15, -0.1) is 0 Å². The number of phosphoric acid groups is 2. The lowest BCUT2D eigenvalue weighted by atomic mass is 9.99. The highest BCUT2D eigenvalue weighted by atomic mass is 31.2. The molecule has 0 bridgehead atoms. The molecule has 0 heterocycles. The van der Waals surface area contributed by atoms with Crippen LogP contribution in [0.3, 0.4) is 0 Å². The third kappa shape index (κ3) is 65.1. The summed E-state index contributed by atoms with van der Waals surface area (Å²) in [5.41, 5.74) is 0. The normalized spacial score (nSPS) is 14.5. The minimum atomic E-state index is -4.95. The topological polar surface area (TPSA) is 237 Å². The van der Waals surface area contributed by atoms with Gasteiger partial charge in [-0.1, -0.05) is 306 Å². The van der Waals surface area contributed by atoms with E-state index in [9.17, 15) is 43.2 Å². The molecule has 0 aliphatic rings. The fourth-order valence-corrected chi connectivity index (χ4v) is 12.4. The molecule has 6 atom stereocenters. The van der Waals surface area contributed by atoms with Gasteiger partial charge in [-0.25, -0.2) is 9.13 Å². The highest BCUT2D eigenvalue weighted by molar-refractivity contribution is 7.47. The van der Waals surface area contributed by atoms with Gasteiger partial charge < -0.3 is 33.8 Å². The van der Waals surface area contributed by atoms with Gasteiger partial charge in [0.2, 0.25) is 0 Å². The molecule has 3 N–H and O–H groups in total. The number of esters is 4. The summed E-state index contributed by atoms with van der Waals surface area (Å²) in [5, 5.41) is 10.6. The van der Waals surface area contributed by atoms with Gasteiger partial charge in [0.15, 0.2) is 12.2 Å². The number of phosphoric ester groups is 2. The summed E-state index contributed by atoms with van der Waals surface area (Å²) < 4.78 is 68.3. The molecule has 0 saturated carbocycles. The average Bonchev–Trinajstić information content (AvgIpc) is 2.34. The Morgan fingerprint density at radius 1 is 0.308 bits per heavy atom. The summed E-state index contributed by atoms with van der Waals surface area (Å²) >= 11 is 0. The minimum absolute atomic E-state index is 0.102. The number of ether oxygens (including phenoxy) is 4. The van der Waals surface area contributed by atoms with E-state index in [1.807, 2.05) is 0 Å². The zero-order valence-corrected chi connectivity index (χ0v) is 61.3. The smallest absolute Gasteiger partial charge is 0.462 e. The van der Waals surface area contributed by atoms with Crippen molar-refractivity contribution in [2.45, 2.75) is 375 Å². The summed E-state index contributed by atoms with van der Waals surface area (Å²) in [6.07, 6.45) is 44.7. The summed E-state index contributed by atoms with van der Waals surface area (Å²) in [5.74, 6) is 0.844. The van der Waals surface area contributed by atoms with E-state index >= 15 is 0 Å². The van der Waals surface area contributed by atoms with Crippen LogP contribution in [0.15, 0.2) is 0 Å². The molecule has 0 radical (unpaired) electrons. The SMILES string of the molecule is CCC(C)CCCCCCCCCCCCCCCCC(=O)O[C@H](COC(=O)CCCCCCCCC(C)C)COP(=O)(O)OC[C@H](O)COP(=O)(O)OC[C@@H](COC(=O)CCCCCCCCCCCCCCC(C)C)OC(=O)CCCCCCCCC(C)C. The molecule has 17 nitrogen and oxygen atoms in total. The first-order chi connectivity index (χ1) is 43.6. The fraction of sp³-hybridized carbons (Fsp3) is 0.944. The maximum atomic E-state index is 13.0. The first-order valence-electron chi connectivity index (χ1n) is 37.2. The van der Waals surface area contributed by atoms with Crippen molar-refractivity contribution in [2.75, 3.05) is 39.6 Å². The number of hydrogen-bond acceptors (Lipinski definition) is 15. The Morgan fingerprint density at radius 3 is 0.780 bits per heavy atom. The number of carbonyl (C=O) groups excluding carboxylic acids is 4. The predicted molar refractivity (Wildman–Crippen MR) is 367 cm³/mol. The van der Waals surface area contributed by atoms with Crippen LogP contribution in [-0.2, 0) is 65.4 Å². The Labute approximate surface area is 556 Å². The molecule has 91 heavy (non-hydrogen) atoms. The maximum absolute atomic E-state index is 13.0. The highest BCUT2D eigenvalue weighted by Gasteiger charge is 2.30. The summed E-state index contributed by atoms with van der Waals surface area (Å²) in [4.78, 5) is 72.5. The Bertz CT molecular complexity index is 1800. The lowest BCUT2D eigenvalue weighted by Crippen LogP contribution is -2.30. The summed E-state index contributed by atoms with van der Waals surface area (Å²) in [6.45, 7) is 14.1. The third-order valence-electron chi connectivity index (χ3n) is 16.9. The third-order valence-corrected chi connectivity index (χ3v) is 18.8. The van der Waals surface area contributed by atoms with Gasteiger partial charge >= 0.3 is 39.5 Å². The molecular formula is C72H140O17P2. The number of rotatable bonds is 69. The number of unbranched alkanes of at least 4 members (excludes halogenated alkanes) is 34. The molecule has 0 aliphatic heterocycles. The molecule has 0 aromatic rings. The van der Waals surface area contributed by atoms with E-state index in [-0.39, 0.29) is 25.7 Å². The molecule has 0 aliphatic carbocycles. The standard InChI is InChI=1S/C72H140O17P2/c1-9-65(8)51-43-35-25-21-17-12-10-11-13-19-23-27-38-46-54-71(76)88-67(59-83-70(75)53-45-37-30-28-33-41-49-63(4)5)60-86-90(78,79)84-56-66(73)57-85-91(80,81)87-61-68(89-72(77)55-47-39-31-29-34-42-50-64(6)7)58-82-69(74)52-44-36-26-22-18-15-14-16-20-24-32-40-48-62(2)3/h62-68,73H,9-61H2,1-8H3,(H,78,79)(H,80,81)/t65?,66-,67+,68+/m0/s1. The van der Waals surface area contributed by atoms with E-state index in [1.165, 1.54) is 154 Å². The second-order valence-electron chi connectivity index (χ2n) is 27.6. The van der Waals surface area contributed by atoms with Crippen molar-refractivity contribution in [1.82, 2.24) is 0 Å². The Kier molecular flexibility index (Phi) is 60.3. The summed E-state index contributed by atoms with van der Waals surface area (Å²) in [6, 6.07) is 0. The van der Waals surface area contributed by atoms with Gasteiger partial charge in [-0.2, -0.15) is 0 Å². The maximum Gasteiger partial charge on any atom is 0.472 e. The van der Waals surface area contributed by atoms with Crippen LogP contribution in [0, 0.1) is 23.7 Å². The lowest BCUT2D eigenvalue weighted by molar-refractivity contribution is -0.161. The number of aliphatic hydroxyl groups is 1. The van der Waals surface area contributed by atoms with Crippen LogP contribution in [0.2, 0.25) is 0 Å². The molecule has 0 amide bonds. The van der Waals surface area contributed by atoms with Crippen molar-refractivity contribution in [3.63, 3.8) is 0 Å². The minimum Gasteiger partial charge on any atom is -0.462 e. The van der Waals surface area contributed by atoms with Crippen molar-refractivity contribution in [1.29, 1.82) is 0 Å². The van der Waals surface area contributed by atoms with Crippen molar-refractivity contribution in [3.8, 4) is 0 Å². The highest BCUT2D eigenvalue weighted by Crippen LogP contribution is 2.45. The first kappa shape index (κ1) is 89.1. The van der Waals surface area contributed by atoms with Crippen molar-refractivity contribution in [3.05, 3.63) is 0 Å². The lowest BCUT2D eigenvalue weighted by Gasteiger charge is -2.21. The Balaban J connectivity index is 5.17. The van der Waals surface area contributed by atoms with E-state index in [0.717, 1.165) is 108 Å². The Hall–Kier alpha value is -1.94. The van der Waals surface area contributed by atoms with Crippen molar-refractivity contribution < 1.29 is 80.2 Å². The molecule has 540 valence electrons. The van der Waals surface area contributed by atoms with E-state index in [4.69, 9.17) is 37.0 Å². The van der Waals surface area contributed by atoms with Crippen LogP contribution in [0.4, 0.5) is 0 Å². The van der Waals surface area contributed by atoms with Crippen LogP contribution in [0.1, 0.15) is 357 Å². The van der Waals surface area contributed by atoms with E-state index in [1.54, 1.807) is 0 Å². The zero-order chi connectivity index (χ0) is 67.5. The van der Waals surface area contributed by atoms with Crippen molar-refractivity contribution in [2.24, 2.45) is 23.7 Å². The van der Waals surface area contributed by atoms with Crippen LogP contribution in [0.25, 0.3) is 0 Å². The largest absolute Gasteiger partial charge is 0.472 e. The van der Waals surface area contributed by atoms with Crippen LogP contribution in [-0.4, -0.2) is 96.7 Å². The first-order valence-corrected chi connectivity index (χ1v) is 40.2. The molecule has 19 heteroatoms. The number of aliphatic hydroxyl groups excluding tert-OH is 1. The summed E-state index contributed by atoms with van der Waals surface area (Å²) in [7, 11) is -9.90. The molecule has 0 aromatic carbocycles. The molecule has 3 unspecified atom stereocenters. The van der Waals surface area contributed by atoms with Crippen LogP contribution in [0.5, 0.6) is 0 Å². The number of carbonyl (C=O) groups is 4. The van der Waals surface area contributed by atoms with Gasteiger partial charge in [0.1, 0.15) is 19.3 Å². The second kappa shape index (κ2) is 61.6. The van der Waals surface area contributed by atoms with Crippen molar-refractivity contribution >= 4 is 39.5 Å². The second-order valence-corrected chi connectivity index (χ2v) is 30.6. The predicted octanol–water partition coefficient (Wildman–Crippen LogP) is 20.5. The van der Waals surface area contributed by atoms with Crippen LogP contribution >= 0.6 is 15.6 Å². The van der Waals surface area contributed by atoms with E-state index in [0.29, 0.717) is 37.5 Å². The van der Waals surface area contributed by atoms with Gasteiger partial charge in [-0.3, -0.25) is 37.3 Å². The molecule has 0 aromatic heterocycles. The van der Waals surface area contributed by atoms with Gasteiger partial charge in [0, 0.05) is 25.7 Å². The molecule has 0 fully saturated rings. The molecule has 0 saturated heterocycles. The Morgan fingerprint density at radius 2 is 0.527 bits per heavy atom. The quantitative estimate of drug-likeness (QED) is 0.0222.